The molecule has 1 rings (SSSR count). The van der Waals surface area contributed by atoms with Crippen molar-refractivity contribution in [2.45, 2.75) is 32.1 Å². The summed E-state index contributed by atoms with van der Waals surface area (Å²) < 4.78 is 0. The van der Waals surface area contributed by atoms with Crippen LogP contribution in [0.25, 0.3) is 0 Å². The Bertz CT molecular complexity index is 145. The molecule has 0 aromatic carbocycles. The van der Waals surface area contributed by atoms with Crippen LogP contribution in [0.2, 0.25) is 0 Å². The van der Waals surface area contributed by atoms with E-state index in [0.717, 1.165) is 18.9 Å². The van der Waals surface area contributed by atoms with E-state index >= 15 is 0 Å². The van der Waals surface area contributed by atoms with Crippen LogP contribution in [-0.2, 0) is 4.79 Å². The molecule has 1 N–H and O–H groups in total. The van der Waals surface area contributed by atoms with E-state index in [0.29, 0.717) is 12.3 Å². The molecule has 0 aliphatic heterocycles. The van der Waals surface area contributed by atoms with E-state index in [9.17, 15) is 4.79 Å². The van der Waals surface area contributed by atoms with Gasteiger partial charge in [-0.05, 0) is 12.3 Å². The molecule has 0 spiro atoms. The highest BCUT2D eigenvalue weighted by Gasteiger charge is 2.16. The largest absolute Gasteiger partial charge is 0.356 e. The van der Waals surface area contributed by atoms with Crippen molar-refractivity contribution in [3.05, 3.63) is 0 Å². The number of rotatable bonds is 5. The van der Waals surface area contributed by atoms with Crippen molar-refractivity contribution in [1.29, 1.82) is 0 Å². The van der Waals surface area contributed by atoms with Crippen LogP contribution >= 0.6 is 11.6 Å². The lowest BCUT2D eigenvalue weighted by molar-refractivity contribution is -0.120. The zero-order valence-corrected chi connectivity index (χ0v) is 8.07. The normalized spacial score (nSPS) is 17.1. The topological polar surface area (TPSA) is 29.1 Å². The summed E-state index contributed by atoms with van der Waals surface area (Å²) in [5, 5.41) is 2.86. The first-order valence-corrected chi connectivity index (χ1v) is 5.19. The second kappa shape index (κ2) is 5.41. The molecule has 0 bridgehead atoms. The van der Waals surface area contributed by atoms with Crippen LogP contribution in [-0.4, -0.2) is 18.3 Å². The summed E-state index contributed by atoms with van der Waals surface area (Å²) in [5.74, 6) is 1.39. The summed E-state index contributed by atoms with van der Waals surface area (Å²) in [5.41, 5.74) is 0. The van der Waals surface area contributed by atoms with Gasteiger partial charge in [0, 0.05) is 18.8 Å². The fourth-order valence-electron chi connectivity index (χ4n) is 1.37. The smallest absolute Gasteiger partial charge is 0.221 e. The van der Waals surface area contributed by atoms with Gasteiger partial charge in [0.15, 0.2) is 0 Å². The number of carbonyl (C=O) groups is 1. The first-order chi connectivity index (χ1) is 5.83. The van der Waals surface area contributed by atoms with Crippen molar-refractivity contribution in [3.8, 4) is 0 Å². The van der Waals surface area contributed by atoms with E-state index in [1.54, 1.807) is 0 Å². The summed E-state index contributed by atoms with van der Waals surface area (Å²) in [6.07, 6.45) is 5.68. The molecule has 0 unspecified atom stereocenters. The minimum absolute atomic E-state index is 0.0873. The zero-order valence-electron chi connectivity index (χ0n) is 7.31. The molecule has 0 heterocycles. The molecule has 0 aromatic rings. The molecule has 3 heteroatoms. The van der Waals surface area contributed by atoms with E-state index in [2.05, 4.69) is 5.32 Å². The Morgan fingerprint density at radius 3 is 2.75 bits per heavy atom. The molecule has 0 aromatic heterocycles. The summed E-state index contributed by atoms with van der Waals surface area (Å²) in [6.45, 7) is 0.834. The number of carbonyl (C=O) groups excluding carboxylic acids is 1. The van der Waals surface area contributed by atoms with Crippen LogP contribution in [0.5, 0.6) is 0 Å². The highest BCUT2D eigenvalue weighted by atomic mass is 35.5. The van der Waals surface area contributed by atoms with Gasteiger partial charge in [0.2, 0.25) is 5.91 Å². The zero-order chi connectivity index (χ0) is 8.81. The van der Waals surface area contributed by atoms with Crippen LogP contribution < -0.4 is 5.32 Å². The predicted octanol–water partition coefficient (Wildman–Crippen LogP) is 1.92. The highest BCUT2D eigenvalue weighted by Crippen LogP contribution is 2.28. The third-order valence-corrected chi connectivity index (χ3v) is 2.61. The third kappa shape index (κ3) is 3.44. The first kappa shape index (κ1) is 9.85. The summed E-state index contributed by atoms with van der Waals surface area (Å²) >= 11 is 5.42. The van der Waals surface area contributed by atoms with E-state index in [4.69, 9.17) is 11.6 Å². The maximum atomic E-state index is 10.9. The maximum Gasteiger partial charge on any atom is 0.221 e. The fraction of sp³-hybridized carbons (Fsp3) is 0.889. The Labute approximate surface area is 78.7 Å². The van der Waals surface area contributed by atoms with E-state index in [1.807, 2.05) is 0 Å². The monoisotopic (exact) mass is 189 g/mol. The molecule has 12 heavy (non-hydrogen) atoms. The molecule has 1 saturated carbocycles. The summed E-state index contributed by atoms with van der Waals surface area (Å²) in [6, 6.07) is 0. The van der Waals surface area contributed by atoms with E-state index in [-0.39, 0.29) is 5.91 Å². The van der Waals surface area contributed by atoms with Crippen LogP contribution in [0, 0.1) is 5.92 Å². The second-order valence-corrected chi connectivity index (χ2v) is 3.75. The lowest BCUT2D eigenvalue weighted by Gasteiger charge is -2.25. The van der Waals surface area contributed by atoms with Crippen LogP contribution in [0.3, 0.4) is 0 Å². The minimum atomic E-state index is 0.0873. The van der Waals surface area contributed by atoms with Gasteiger partial charge in [0.1, 0.15) is 0 Å². The standard InChI is InChI=1S/C9H16ClNO/c10-6-4-9(12)11-7-5-8-2-1-3-8/h8H,1-7H2,(H,11,12). The molecule has 1 aliphatic carbocycles. The van der Waals surface area contributed by atoms with Crippen molar-refractivity contribution in [1.82, 2.24) is 5.32 Å². The maximum absolute atomic E-state index is 10.9. The lowest BCUT2D eigenvalue weighted by atomic mass is 9.83. The Balaban J connectivity index is 1.90. The highest BCUT2D eigenvalue weighted by molar-refractivity contribution is 6.18. The lowest BCUT2D eigenvalue weighted by Crippen LogP contribution is -2.27. The van der Waals surface area contributed by atoms with E-state index < -0.39 is 0 Å². The molecule has 70 valence electrons. The molecule has 2 nitrogen and oxygen atoms in total. The number of nitrogens with one attached hydrogen (secondary N) is 1. The van der Waals surface area contributed by atoms with Crippen molar-refractivity contribution in [2.75, 3.05) is 12.4 Å². The third-order valence-electron chi connectivity index (χ3n) is 2.42. The quantitative estimate of drug-likeness (QED) is 0.658. The van der Waals surface area contributed by atoms with Gasteiger partial charge in [0.05, 0.1) is 0 Å². The number of halogens is 1. The van der Waals surface area contributed by atoms with Gasteiger partial charge >= 0.3 is 0 Å². The van der Waals surface area contributed by atoms with Gasteiger partial charge in [-0.1, -0.05) is 19.3 Å². The van der Waals surface area contributed by atoms with Gasteiger partial charge in [-0.3, -0.25) is 4.79 Å². The Hall–Kier alpha value is -0.240. The first-order valence-electron chi connectivity index (χ1n) is 4.65. The van der Waals surface area contributed by atoms with Crippen LogP contribution in [0.15, 0.2) is 0 Å². The van der Waals surface area contributed by atoms with Gasteiger partial charge in [-0.25, -0.2) is 0 Å². The summed E-state index contributed by atoms with van der Waals surface area (Å²) in [7, 11) is 0. The van der Waals surface area contributed by atoms with Crippen molar-refractivity contribution < 1.29 is 4.79 Å². The van der Waals surface area contributed by atoms with Crippen molar-refractivity contribution >= 4 is 17.5 Å². The predicted molar refractivity (Wildman–Crippen MR) is 50.3 cm³/mol. The minimum Gasteiger partial charge on any atom is -0.356 e. The number of hydrogen-bond acceptors (Lipinski definition) is 1. The van der Waals surface area contributed by atoms with Crippen LogP contribution in [0.4, 0.5) is 0 Å². The average molecular weight is 190 g/mol. The average Bonchev–Trinajstić information content (AvgIpc) is 1.95. The van der Waals surface area contributed by atoms with Gasteiger partial charge < -0.3 is 5.32 Å². The molecule has 1 aliphatic rings. The molecule has 0 radical (unpaired) electrons. The summed E-state index contributed by atoms with van der Waals surface area (Å²) in [4.78, 5) is 10.9. The van der Waals surface area contributed by atoms with Gasteiger partial charge in [-0.15, -0.1) is 11.6 Å². The van der Waals surface area contributed by atoms with Gasteiger partial charge in [-0.2, -0.15) is 0 Å². The number of alkyl halides is 1. The molecule has 0 atom stereocenters. The Kier molecular flexibility index (Phi) is 4.44. The van der Waals surface area contributed by atoms with Gasteiger partial charge in [0.25, 0.3) is 0 Å². The SMILES string of the molecule is O=C(CCCl)NCCC1CCC1. The Morgan fingerprint density at radius 1 is 1.50 bits per heavy atom. The number of amides is 1. The molecule has 0 saturated heterocycles. The molecule has 1 fully saturated rings. The van der Waals surface area contributed by atoms with Crippen molar-refractivity contribution in [2.24, 2.45) is 5.92 Å². The Morgan fingerprint density at radius 2 is 2.25 bits per heavy atom. The molecule has 1 amide bonds. The van der Waals surface area contributed by atoms with E-state index in [1.165, 1.54) is 19.3 Å². The fourth-order valence-corrected chi connectivity index (χ4v) is 1.54. The van der Waals surface area contributed by atoms with Crippen molar-refractivity contribution in [3.63, 3.8) is 0 Å². The second-order valence-electron chi connectivity index (χ2n) is 3.37. The number of hydrogen-bond donors (Lipinski definition) is 1. The molecular weight excluding hydrogens is 174 g/mol. The molecular formula is C9H16ClNO. The van der Waals surface area contributed by atoms with Crippen LogP contribution in [0.1, 0.15) is 32.1 Å².